The molecule has 4 rings (SSSR count). The monoisotopic (exact) mass is 301 g/mol. The maximum Gasteiger partial charge on any atom is 0.271 e. The van der Waals surface area contributed by atoms with Gasteiger partial charge in [0.15, 0.2) is 10.8 Å². The van der Waals surface area contributed by atoms with E-state index in [0.29, 0.717) is 18.1 Å². The summed E-state index contributed by atoms with van der Waals surface area (Å²) >= 11 is 1.57. The van der Waals surface area contributed by atoms with Crippen LogP contribution in [0, 0.1) is 5.41 Å². The second-order valence-corrected chi connectivity index (χ2v) is 7.03. The predicted molar refractivity (Wildman–Crippen MR) is 80.5 cm³/mol. The Balaban J connectivity index is 1.80. The lowest BCUT2D eigenvalue weighted by atomic mass is 9.88. The Morgan fingerprint density at radius 3 is 3.05 bits per heavy atom. The van der Waals surface area contributed by atoms with Crippen molar-refractivity contribution in [3.05, 3.63) is 29.2 Å². The number of hydrogen-bond acceptors (Lipinski definition) is 4. The number of aromatic nitrogens is 4. The van der Waals surface area contributed by atoms with Crippen molar-refractivity contribution in [2.45, 2.75) is 20.3 Å². The molecule has 1 amide bonds. The van der Waals surface area contributed by atoms with E-state index >= 15 is 0 Å². The fraction of sp³-hybridized carbons (Fsp3) is 0.357. The smallest absolute Gasteiger partial charge is 0.271 e. The van der Waals surface area contributed by atoms with Crippen LogP contribution in [0.25, 0.3) is 16.5 Å². The minimum atomic E-state index is -0.112. The average Bonchev–Trinajstić information content (AvgIpc) is 3.06. The average molecular weight is 301 g/mol. The van der Waals surface area contributed by atoms with Crippen LogP contribution in [0.3, 0.4) is 0 Å². The van der Waals surface area contributed by atoms with Gasteiger partial charge in [0.25, 0.3) is 5.91 Å². The molecule has 1 aliphatic rings. The number of hydrogen-bond donors (Lipinski definition) is 2. The lowest BCUT2D eigenvalue weighted by Crippen LogP contribution is -2.32. The molecule has 0 saturated heterocycles. The zero-order valence-electron chi connectivity index (χ0n) is 11.8. The minimum Gasteiger partial charge on any atom is -0.350 e. The highest BCUT2D eigenvalue weighted by Crippen LogP contribution is 2.27. The van der Waals surface area contributed by atoms with Crippen LogP contribution in [-0.2, 0) is 6.42 Å². The third kappa shape index (κ3) is 2.04. The van der Waals surface area contributed by atoms with Crippen molar-refractivity contribution >= 4 is 22.2 Å². The predicted octanol–water partition coefficient (Wildman–Crippen LogP) is 2.10. The van der Waals surface area contributed by atoms with Crippen molar-refractivity contribution in [2.24, 2.45) is 5.41 Å². The van der Waals surface area contributed by atoms with Crippen molar-refractivity contribution in [3.8, 4) is 11.5 Å². The van der Waals surface area contributed by atoms with Crippen LogP contribution >= 0.6 is 11.3 Å². The number of nitrogens with zero attached hydrogens (tertiary/aromatic N) is 3. The number of amides is 1. The highest BCUT2D eigenvalue weighted by atomic mass is 32.1. The molecule has 0 saturated carbocycles. The quantitative estimate of drug-likeness (QED) is 0.723. The molecule has 0 unspecified atom stereocenters. The highest BCUT2D eigenvalue weighted by Gasteiger charge is 2.30. The second-order valence-electron chi connectivity index (χ2n) is 6.16. The van der Waals surface area contributed by atoms with E-state index in [9.17, 15) is 4.79 Å². The summed E-state index contributed by atoms with van der Waals surface area (Å²) in [6.45, 7) is 4.93. The Morgan fingerprint density at radius 2 is 2.24 bits per heavy atom. The fourth-order valence-electron chi connectivity index (χ4n) is 2.63. The Labute approximate surface area is 125 Å². The fourth-order valence-corrected chi connectivity index (χ4v) is 3.33. The van der Waals surface area contributed by atoms with E-state index < -0.39 is 0 Å². The summed E-state index contributed by atoms with van der Waals surface area (Å²) in [5, 5.41) is 4.92. The first kappa shape index (κ1) is 12.6. The highest BCUT2D eigenvalue weighted by molar-refractivity contribution is 7.15. The maximum absolute atomic E-state index is 12.1. The van der Waals surface area contributed by atoms with Crippen molar-refractivity contribution in [1.29, 1.82) is 0 Å². The Bertz CT molecular complexity index is 812. The van der Waals surface area contributed by atoms with E-state index in [1.807, 2.05) is 22.2 Å². The molecular weight excluding hydrogens is 286 g/mol. The molecule has 0 aromatic carbocycles. The number of nitrogens with one attached hydrogen (secondary N) is 2. The van der Waals surface area contributed by atoms with Crippen molar-refractivity contribution < 1.29 is 4.79 Å². The van der Waals surface area contributed by atoms with Crippen molar-refractivity contribution in [2.75, 3.05) is 6.54 Å². The van der Waals surface area contributed by atoms with E-state index in [-0.39, 0.29) is 11.3 Å². The Morgan fingerprint density at radius 1 is 1.38 bits per heavy atom. The number of thiazole rings is 1. The molecule has 4 heterocycles. The Hall–Kier alpha value is -2.15. The van der Waals surface area contributed by atoms with E-state index in [1.54, 1.807) is 11.3 Å². The van der Waals surface area contributed by atoms with Gasteiger partial charge in [0.2, 0.25) is 0 Å². The lowest BCUT2D eigenvalue weighted by Gasteiger charge is -2.21. The SMILES string of the molecule is CC1(C)CNC(=O)c2nc(-c3cn4ccsc4n3)[nH]c2C1. The van der Waals surface area contributed by atoms with E-state index in [4.69, 9.17) is 0 Å². The summed E-state index contributed by atoms with van der Waals surface area (Å²) in [7, 11) is 0. The Kier molecular flexibility index (Phi) is 2.50. The number of carbonyl (C=O) groups excluding carboxylic acids is 1. The number of imidazole rings is 2. The first-order chi connectivity index (χ1) is 10.0. The van der Waals surface area contributed by atoms with Crippen LogP contribution < -0.4 is 5.32 Å². The van der Waals surface area contributed by atoms with Gasteiger partial charge in [-0.2, -0.15) is 0 Å². The summed E-state index contributed by atoms with van der Waals surface area (Å²) in [6, 6.07) is 0. The van der Waals surface area contributed by atoms with E-state index in [0.717, 1.165) is 22.8 Å². The van der Waals surface area contributed by atoms with Crippen LogP contribution in [0.2, 0.25) is 0 Å². The number of rotatable bonds is 1. The van der Waals surface area contributed by atoms with Crippen LogP contribution in [0.1, 0.15) is 30.0 Å². The van der Waals surface area contributed by atoms with Gasteiger partial charge in [-0.15, -0.1) is 11.3 Å². The first-order valence-corrected chi connectivity index (χ1v) is 7.69. The van der Waals surface area contributed by atoms with Gasteiger partial charge in [0.1, 0.15) is 11.4 Å². The number of carbonyl (C=O) groups is 1. The number of aromatic amines is 1. The number of H-pyrrole nitrogens is 1. The molecule has 3 aromatic rings. The topological polar surface area (TPSA) is 75.1 Å². The van der Waals surface area contributed by atoms with Gasteiger partial charge in [0.05, 0.1) is 0 Å². The molecule has 1 aliphatic heterocycles. The van der Waals surface area contributed by atoms with Crippen LogP contribution in [0.15, 0.2) is 17.8 Å². The van der Waals surface area contributed by atoms with Gasteiger partial charge in [-0.05, 0) is 11.8 Å². The normalized spacial score (nSPS) is 17.5. The summed E-state index contributed by atoms with van der Waals surface area (Å²) < 4.78 is 1.96. The summed E-state index contributed by atoms with van der Waals surface area (Å²) in [6.07, 6.45) is 4.67. The molecule has 108 valence electrons. The van der Waals surface area contributed by atoms with Gasteiger partial charge in [-0.25, -0.2) is 9.97 Å². The zero-order valence-corrected chi connectivity index (χ0v) is 12.6. The molecule has 3 aromatic heterocycles. The first-order valence-electron chi connectivity index (χ1n) is 6.81. The zero-order chi connectivity index (χ0) is 14.6. The van der Waals surface area contributed by atoms with Gasteiger partial charge < -0.3 is 10.3 Å². The van der Waals surface area contributed by atoms with Crippen LogP contribution in [0.4, 0.5) is 0 Å². The largest absolute Gasteiger partial charge is 0.350 e. The molecule has 0 aliphatic carbocycles. The molecule has 0 atom stereocenters. The van der Waals surface area contributed by atoms with Gasteiger partial charge in [-0.3, -0.25) is 9.20 Å². The van der Waals surface area contributed by atoms with Gasteiger partial charge in [0, 0.05) is 30.0 Å². The molecule has 21 heavy (non-hydrogen) atoms. The lowest BCUT2D eigenvalue weighted by molar-refractivity contribution is 0.0940. The second kappa shape index (κ2) is 4.17. The molecule has 2 N–H and O–H groups in total. The molecule has 7 heteroatoms. The summed E-state index contributed by atoms with van der Waals surface area (Å²) in [4.78, 5) is 25.3. The summed E-state index contributed by atoms with van der Waals surface area (Å²) in [5.41, 5.74) is 2.16. The van der Waals surface area contributed by atoms with Crippen LogP contribution in [-0.4, -0.2) is 31.8 Å². The van der Waals surface area contributed by atoms with Crippen molar-refractivity contribution in [1.82, 2.24) is 24.7 Å². The molecule has 0 radical (unpaired) electrons. The molecular formula is C14H15N5OS. The molecule has 0 spiro atoms. The number of fused-ring (bicyclic) bond motifs is 2. The van der Waals surface area contributed by atoms with Crippen LogP contribution in [0.5, 0.6) is 0 Å². The van der Waals surface area contributed by atoms with Gasteiger partial charge >= 0.3 is 0 Å². The molecule has 0 fully saturated rings. The third-order valence-electron chi connectivity index (χ3n) is 3.71. The third-order valence-corrected chi connectivity index (χ3v) is 4.48. The van der Waals surface area contributed by atoms with E-state index in [2.05, 4.69) is 34.1 Å². The molecule has 0 bridgehead atoms. The standard InChI is InChI=1S/C14H15N5OS/c1-14(2)5-8-10(12(20)15-7-14)18-11(16-8)9-6-19-3-4-21-13(19)17-9/h3-4,6H,5,7H2,1-2H3,(H,15,20)(H,16,18). The van der Waals surface area contributed by atoms with Gasteiger partial charge in [-0.1, -0.05) is 13.8 Å². The van der Waals surface area contributed by atoms with Crippen molar-refractivity contribution in [3.63, 3.8) is 0 Å². The minimum absolute atomic E-state index is 0.0132. The maximum atomic E-state index is 12.1. The van der Waals surface area contributed by atoms with E-state index in [1.165, 1.54) is 0 Å². The summed E-state index contributed by atoms with van der Waals surface area (Å²) in [5.74, 6) is 0.544. The molecule has 6 nitrogen and oxygen atoms in total.